The first-order valence-corrected chi connectivity index (χ1v) is 6.05. The zero-order chi connectivity index (χ0) is 12.1. The van der Waals surface area contributed by atoms with Gasteiger partial charge in [0.05, 0.1) is 0 Å². The molecule has 0 amide bonds. The van der Waals surface area contributed by atoms with Gasteiger partial charge in [-0.05, 0) is 38.5 Å². The van der Waals surface area contributed by atoms with Gasteiger partial charge in [-0.3, -0.25) is 4.99 Å². The standard InChI is InChI=1S/C14H27N/c1-8-11(3)14(6,7)10-13(5)15-12(4)9-2/h13H,3,8-10H2,1-2,4-7H3/b15-12-. The average Bonchev–Trinajstić information content (AvgIpc) is 2.15. The second-order valence-electron chi connectivity index (χ2n) is 5.11. The normalized spacial score (nSPS) is 15.2. The summed E-state index contributed by atoms with van der Waals surface area (Å²) in [5, 5.41) is 0. The fourth-order valence-electron chi connectivity index (χ4n) is 1.87. The number of rotatable bonds is 6. The molecule has 0 aliphatic carbocycles. The lowest BCUT2D eigenvalue weighted by atomic mass is 9.78. The molecule has 0 saturated carbocycles. The van der Waals surface area contributed by atoms with Crippen LogP contribution in [0.25, 0.3) is 0 Å². The van der Waals surface area contributed by atoms with Crippen molar-refractivity contribution in [3.63, 3.8) is 0 Å². The highest BCUT2D eigenvalue weighted by molar-refractivity contribution is 5.81. The lowest BCUT2D eigenvalue weighted by Crippen LogP contribution is -2.20. The van der Waals surface area contributed by atoms with Gasteiger partial charge >= 0.3 is 0 Å². The zero-order valence-corrected chi connectivity index (χ0v) is 11.4. The molecule has 1 atom stereocenters. The third kappa shape index (κ3) is 5.15. The van der Waals surface area contributed by atoms with E-state index < -0.39 is 0 Å². The summed E-state index contributed by atoms with van der Waals surface area (Å²) in [6.45, 7) is 17.3. The Labute approximate surface area is 95.7 Å². The second-order valence-corrected chi connectivity index (χ2v) is 5.11. The second kappa shape index (κ2) is 6.09. The maximum Gasteiger partial charge on any atom is 0.0478 e. The molecule has 1 unspecified atom stereocenters. The Morgan fingerprint density at radius 2 is 1.80 bits per heavy atom. The van der Waals surface area contributed by atoms with Gasteiger partial charge in [0.1, 0.15) is 0 Å². The highest BCUT2D eigenvalue weighted by atomic mass is 14.8. The van der Waals surface area contributed by atoms with E-state index in [9.17, 15) is 0 Å². The summed E-state index contributed by atoms with van der Waals surface area (Å²) in [6.07, 6.45) is 3.21. The highest BCUT2D eigenvalue weighted by Gasteiger charge is 2.22. The van der Waals surface area contributed by atoms with Gasteiger partial charge < -0.3 is 0 Å². The lowest BCUT2D eigenvalue weighted by molar-refractivity contribution is 0.369. The van der Waals surface area contributed by atoms with Gasteiger partial charge in [-0.1, -0.05) is 39.8 Å². The molecule has 0 spiro atoms. The van der Waals surface area contributed by atoms with Crippen molar-refractivity contribution in [2.75, 3.05) is 0 Å². The molecule has 0 bridgehead atoms. The van der Waals surface area contributed by atoms with Gasteiger partial charge in [-0.25, -0.2) is 0 Å². The van der Waals surface area contributed by atoms with Gasteiger partial charge in [0.15, 0.2) is 0 Å². The number of allylic oxidation sites excluding steroid dienone is 1. The largest absolute Gasteiger partial charge is 0.291 e. The Morgan fingerprint density at radius 3 is 2.20 bits per heavy atom. The monoisotopic (exact) mass is 209 g/mol. The van der Waals surface area contributed by atoms with Crippen LogP contribution in [-0.2, 0) is 0 Å². The fourth-order valence-corrected chi connectivity index (χ4v) is 1.87. The molecule has 0 heterocycles. The van der Waals surface area contributed by atoms with Crippen LogP contribution in [0.15, 0.2) is 17.1 Å². The van der Waals surface area contributed by atoms with Crippen molar-refractivity contribution in [3.8, 4) is 0 Å². The van der Waals surface area contributed by atoms with Crippen molar-refractivity contribution >= 4 is 5.71 Å². The first-order valence-electron chi connectivity index (χ1n) is 6.05. The molecule has 1 heteroatoms. The van der Waals surface area contributed by atoms with Gasteiger partial charge in [0.25, 0.3) is 0 Å². The highest BCUT2D eigenvalue weighted by Crippen LogP contribution is 2.33. The van der Waals surface area contributed by atoms with Crippen molar-refractivity contribution in [2.24, 2.45) is 10.4 Å². The maximum absolute atomic E-state index is 4.67. The number of hydrogen-bond acceptors (Lipinski definition) is 1. The summed E-state index contributed by atoms with van der Waals surface area (Å²) in [7, 11) is 0. The first-order chi connectivity index (χ1) is 6.83. The SMILES string of the molecule is C=C(CC)C(C)(C)CC(C)/N=C(/C)CC. The summed E-state index contributed by atoms with van der Waals surface area (Å²) < 4.78 is 0. The van der Waals surface area contributed by atoms with E-state index in [1.54, 1.807) is 0 Å². The van der Waals surface area contributed by atoms with Gasteiger partial charge in [0.2, 0.25) is 0 Å². The van der Waals surface area contributed by atoms with E-state index in [0.717, 1.165) is 19.3 Å². The van der Waals surface area contributed by atoms with Crippen LogP contribution >= 0.6 is 0 Å². The summed E-state index contributed by atoms with van der Waals surface area (Å²) >= 11 is 0. The summed E-state index contributed by atoms with van der Waals surface area (Å²) in [4.78, 5) is 4.67. The summed E-state index contributed by atoms with van der Waals surface area (Å²) in [5.41, 5.74) is 2.80. The van der Waals surface area contributed by atoms with Gasteiger partial charge in [0, 0.05) is 11.8 Å². The molecule has 0 aliphatic rings. The van der Waals surface area contributed by atoms with Gasteiger partial charge in [-0.15, -0.1) is 0 Å². The Hall–Kier alpha value is -0.590. The van der Waals surface area contributed by atoms with Crippen LogP contribution in [0.3, 0.4) is 0 Å². The zero-order valence-electron chi connectivity index (χ0n) is 11.4. The Kier molecular flexibility index (Phi) is 5.85. The molecular weight excluding hydrogens is 182 g/mol. The van der Waals surface area contributed by atoms with Crippen LogP contribution in [0, 0.1) is 5.41 Å². The molecule has 0 aromatic carbocycles. The van der Waals surface area contributed by atoms with Crippen molar-refractivity contribution in [1.82, 2.24) is 0 Å². The minimum Gasteiger partial charge on any atom is -0.291 e. The van der Waals surface area contributed by atoms with Crippen LogP contribution in [0.4, 0.5) is 0 Å². The summed E-state index contributed by atoms with van der Waals surface area (Å²) in [5.74, 6) is 0. The van der Waals surface area contributed by atoms with Crippen LogP contribution in [0.2, 0.25) is 0 Å². The van der Waals surface area contributed by atoms with Crippen molar-refractivity contribution in [1.29, 1.82) is 0 Å². The van der Waals surface area contributed by atoms with Gasteiger partial charge in [-0.2, -0.15) is 0 Å². The van der Waals surface area contributed by atoms with E-state index in [2.05, 4.69) is 53.1 Å². The van der Waals surface area contributed by atoms with E-state index in [4.69, 9.17) is 0 Å². The molecule has 0 saturated heterocycles. The van der Waals surface area contributed by atoms with E-state index >= 15 is 0 Å². The van der Waals surface area contributed by atoms with Crippen LogP contribution in [-0.4, -0.2) is 11.8 Å². The van der Waals surface area contributed by atoms with Crippen LogP contribution in [0.5, 0.6) is 0 Å². The third-order valence-corrected chi connectivity index (χ3v) is 3.14. The molecule has 0 aliphatic heterocycles. The maximum atomic E-state index is 4.67. The first kappa shape index (κ1) is 14.4. The van der Waals surface area contributed by atoms with Crippen molar-refractivity contribution < 1.29 is 0 Å². The molecule has 0 N–H and O–H groups in total. The molecule has 0 radical (unpaired) electrons. The predicted octanol–water partition coefficient (Wildman–Crippen LogP) is 4.63. The fraction of sp³-hybridized carbons (Fsp3) is 0.786. The molecule has 0 fully saturated rings. The topological polar surface area (TPSA) is 12.4 Å². The minimum atomic E-state index is 0.214. The van der Waals surface area contributed by atoms with E-state index in [-0.39, 0.29) is 5.41 Å². The van der Waals surface area contributed by atoms with E-state index in [1.807, 2.05) is 0 Å². The Morgan fingerprint density at radius 1 is 1.27 bits per heavy atom. The Balaban J connectivity index is 4.40. The molecular formula is C14H27N. The molecule has 0 aromatic heterocycles. The quantitative estimate of drug-likeness (QED) is 0.447. The average molecular weight is 209 g/mol. The van der Waals surface area contributed by atoms with Crippen LogP contribution in [0.1, 0.15) is 60.8 Å². The minimum absolute atomic E-state index is 0.214. The van der Waals surface area contributed by atoms with E-state index in [1.165, 1.54) is 11.3 Å². The summed E-state index contributed by atoms with van der Waals surface area (Å²) in [6, 6.07) is 0.406. The van der Waals surface area contributed by atoms with Crippen molar-refractivity contribution in [3.05, 3.63) is 12.2 Å². The van der Waals surface area contributed by atoms with Crippen LogP contribution < -0.4 is 0 Å². The molecule has 0 rings (SSSR count). The number of aliphatic imine (C=N–C) groups is 1. The third-order valence-electron chi connectivity index (χ3n) is 3.14. The molecule has 0 aromatic rings. The number of hydrogen-bond donors (Lipinski definition) is 0. The predicted molar refractivity (Wildman–Crippen MR) is 70.7 cm³/mol. The molecule has 1 nitrogen and oxygen atoms in total. The van der Waals surface area contributed by atoms with E-state index in [0.29, 0.717) is 6.04 Å². The molecule has 15 heavy (non-hydrogen) atoms. The lowest BCUT2D eigenvalue weighted by Gasteiger charge is -2.28. The Bertz CT molecular complexity index is 236. The molecule has 88 valence electrons. The smallest absolute Gasteiger partial charge is 0.0478 e. The number of nitrogens with zero attached hydrogens (tertiary/aromatic N) is 1. The van der Waals surface area contributed by atoms with Crippen molar-refractivity contribution in [2.45, 2.75) is 66.8 Å².